The Morgan fingerprint density at radius 1 is 1.00 bits per heavy atom. The molecule has 0 N–H and O–H groups in total. The van der Waals surface area contributed by atoms with Gasteiger partial charge >= 0.3 is 6.18 Å². The Balaban J connectivity index is 2.12. The number of oxazole rings is 1. The zero-order valence-electron chi connectivity index (χ0n) is 9.48. The Bertz CT molecular complexity index is 720. The molecule has 0 spiro atoms. The van der Waals surface area contributed by atoms with Crippen LogP contribution in [0.5, 0.6) is 0 Å². The van der Waals surface area contributed by atoms with Crippen molar-refractivity contribution in [1.82, 2.24) is 9.97 Å². The summed E-state index contributed by atoms with van der Waals surface area (Å²) in [5.41, 5.74) is 0.427. The average molecular weight is 264 g/mol. The molecule has 19 heavy (non-hydrogen) atoms. The molecule has 1 aromatic carbocycles. The second kappa shape index (κ2) is 4.08. The van der Waals surface area contributed by atoms with E-state index in [0.717, 1.165) is 12.1 Å². The van der Waals surface area contributed by atoms with Gasteiger partial charge in [0.05, 0.1) is 5.56 Å². The summed E-state index contributed by atoms with van der Waals surface area (Å²) in [5.74, 6) is 0.275. The molecule has 0 aliphatic heterocycles. The number of fused-ring (bicyclic) bond motifs is 1. The molecular weight excluding hydrogens is 257 g/mol. The van der Waals surface area contributed by atoms with Gasteiger partial charge in [-0.3, -0.25) is 4.98 Å². The lowest BCUT2D eigenvalue weighted by Crippen LogP contribution is -2.03. The van der Waals surface area contributed by atoms with E-state index >= 15 is 0 Å². The van der Waals surface area contributed by atoms with Crippen LogP contribution in [0.15, 0.2) is 47.1 Å². The molecule has 0 aliphatic carbocycles. The number of nitrogens with zero attached hydrogens (tertiary/aromatic N) is 2. The fourth-order valence-electron chi connectivity index (χ4n) is 1.72. The van der Waals surface area contributed by atoms with Gasteiger partial charge in [-0.05, 0) is 30.3 Å². The van der Waals surface area contributed by atoms with E-state index in [1.165, 1.54) is 6.07 Å². The maximum Gasteiger partial charge on any atom is 0.416 e. The lowest BCUT2D eigenvalue weighted by atomic mass is 10.2. The van der Waals surface area contributed by atoms with Crippen LogP contribution in [-0.2, 0) is 6.18 Å². The van der Waals surface area contributed by atoms with E-state index in [0.29, 0.717) is 11.1 Å². The van der Waals surface area contributed by atoms with Crippen LogP contribution in [0.1, 0.15) is 5.56 Å². The zero-order chi connectivity index (χ0) is 13.5. The monoisotopic (exact) mass is 264 g/mol. The molecule has 0 unspecified atom stereocenters. The van der Waals surface area contributed by atoms with Crippen LogP contribution >= 0.6 is 0 Å². The van der Waals surface area contributed by atoms with Crippen molar-refractivity contribution in [3.8, 4) is 11.5 Å². The van der Waals surface area contributed by atoms with Gasteiger partial charge < -0.3 is 4.42 Å². The molecule has 0 fully saturated rings. The summed E-state index contributed by atoms with van der Waals surface area (Å²) in [6, 6.07) is 6.58. The Labute approximate surface area is 105 Å². The number of aromatic nitrogens is 2. The smallest absolute Gasteiger partial charge is 0.416 e. The van der Waals surface area contributed by atoms with E-state index in [-0.39, 0.29) is 11.4 Å². The molecule has 3 rings (SSSR count). The topological polar surface area (TPSA) is 38.9 Å². The normalized spacial score (nSPS) is 11.9. The quantitative estimate of drug-likeness (QED) is 0.669. The number of alkyl halides is 3. The van der Waals surface area contributed by atoms with Crippen molar-refractivity contribution in [3.05, 3.63) is 48.3 Å². The largest absolute Gasteiger partial charge is 0.436 e. The van der Waals surface area contributed by atoms with Gasteiger partial charge in [0.15, 0.2) is 5.58 Å². The molecular formula is C13H7F3N2O. The number of rotatable bonds is 1. The molecule has 0 atom stereocenters. The molecule has 0 saturated carbocycles. The predicted molar refractivity (Wildman–Crippen MR) is 62.2 cm³/mol. The fraction of sp³-hybridized carbons (Fsp3) is 0.0769. The second-order valence-corrected chi connectivity index (χ2v) is 3.94. The van der Waals surface area contributed by atoms with E-state index in [1.54, 1.807) is 24.5 Å². The van der Waals surface area contributed by atoms with Crippen LogP contribution in [0.2, 0.25) is 0 Å². The molecule has 2 heterocycles. The minimum Gasteiger partial charge on any atom is -0.436 e. The fourth-order valence-corrected chi connectivity index (χ4v) is 1.72. The molecule has 2 aromatic heterocycles. The van der Waals surface area contributed by atoms with Gasteiger partial charge in [-0.1, -0.05) is 0 Å². The van der Waals surface area contributed by atoms with Gasteiger partial charge in [-0.15, -0.1) is 0 Å². The molecule has 96 valence electrons. The van der Waals surface area contributed by atoms with Gasteiger partial charge in [0, 0.05) is 18.0 Å². The van der Waals surface area contributed by atoms with Crippen molar-refractivity contribution in [2.24, 2.45) is 0 Å². The third kappa shape index (κ3) is 2.16. The molecule has 0 amide bonds. The molecule has 3 nitrogen and oxygen atoms in total. The maximum absolute atomic E-state index is 12.6. The van der Waals surface area contributed by atoms with Gasteiger partial charge in [0.25, 0.3) is 0 Å². The summed E-state index contributed by atoms with van der Waals surface area (Å²) < 4.78 is 43.2. The Hall–Kier alpha value is -2.37. The number of hydrogen-bond donors (Lipinski definition) is 0. The number of halogens is 3. The predicted octanol–water partition coefficient (Wildman–Crippen LogP) is 3.91. The van der Waals surface area contributed by atoms with E-state index in [4.69, 9.17) is 4.42 Å². The highest BCUT2D eigenvalue weighted by Gasteiger charge is 2.31. The summed E-state index contributed by atoms with van der Waals surface area (Å²) in [4.78, 5) is 7.92. The third-order valence-corrected chi connectivity index (χ3v) is 2.64. The average Bonchev–Trinajstić information content (AvgIpc) is 2.81. The summed E-state index contributed by atoms with van der Waals surface area (Å²) in [6.07, 6.45) is -1.26. The number of pyridine rings is 1. The lowest BCUT2D eigenvalue weighted by molar-refractivity contribution is -0.137. The summed E-state index contributed by atoms with van der Waals surface area (Å²) in [6.45, 7) is 0. The molecule has 0 radical (unpaired) electrons. The van der Waals surface area contributed by atoms with Crippen LogP contribution in [0.4, 0.5) is 13.2 Å². The highest BCUT2D eigenvalue weighted by Crippen LogP contribution is 2.32. The SMILES string of the molecule is FC(F)(F)c1ccc2oc(-c3ccncc3)nc2c1. The molecule has 6 heteroatoms. The van der Waals surface area contributed by atoms with Crippen molar-refractivity contribution in [3.63, 3.8) is 0 Å². The minimum absolute atomic E-state index is 0.182. The molecule has 0 aliphatic rings. The first kappa shape index (κ1) is 11.7. The first-order valence-electron chi connectivity index (χ1n) is 5.42. The van der Waals surface area contributed by atoms with Gasteiger partial charge in [0.2, 0.25) is 5.89 Å². The highest BCUT2D eigenvalue weighted by atomic mass is 19.4. The van der Waals surface area contributed by atoms with Crippen molar-refractivity contribution in [1.29, 1.82) is 0 Å². The first-order chi connectivity index (χ1) is 9.04. The Kier molecular flexibility index (Phi) is 2.51. The standard InChI is InChI=1S/C13H7F3N2O/c14-13(15,16)9-1-2-11-10(7-9)18-12(19-11)8-3-5-17-6-4-8/h1-7H. The minimum atomic E-state index is -4.38. The summed E-state index contributed by atoms with van der Waals surface area (Å²) >= 11 is 0. The Morgan fingerprint density at radius 3 is 2.42 bits per heavy atom. The van der Waals surface area contributed by atoms with Crippen LogP contribution in [0.3, 0.4) is 0 Å². The van der Waals surface area contributed by atoms with Gasteiger partial charge in [0.1, 0.15) is 5.52 Å². The van der Waals surface area contributed by atoms with E-state index in [9.17, 15) is 13.2 Å². The summed E-state index contributed by atoms with van der Waals surface area (Å²) in [7, 11) is 0. The van der Waals surface area contributed by atoms with Gasteiger partial charge in [-0.25, -0.2) is 4.98 Å². The van der Waals surface area contributed by atoms with Crippen molar-refractivity contribution in [2.45, 2.75) is 6.18 Å². The Morgan fingerprint density at radius 2 is 1.74 bits per heavy atom. The first-order valence-corrected chi connectivity index (χ1v) is 5.42. The lowest BCUT2D eigenvalue weighted by Gasteiger charge is -2.04. The number of hydrogen-bond acceptors (Lipinski definition) is 3. The van der Waals surface area contributed by atoms with E-state index in [2.05, 4.69) is 9.97 Å². The van der Waals surface area contributed by atoms with E-state index < -0.39 is 11.7 Å². The molecule has 3 aromatic rings. The van der Waals surface area contributed by atoms with E-state index in [1.807, 2.05) is 0 Å². The van der Waals surface area contributed by atoms with Gasteiger partial charge in [-0.2, -0.15) is 13.2 Å². The second-order valence-electron chi connectivity index (χ2n) is 3.94. The molecule has 0 bridgehead atoms. The third-order valence-electron chi connectivity index (χ3n) is 2.64. The summed E-state index contributed by atoms with van der Waals surface area (Å²) in [5, 5.41) is 0. The van der Waals surface area contributed by atoms with Crippen molar-refractivity contribution < 1.29 is 17.6 Å². The maximum atomic E-state index is 12.6. The highest BCUT2D eigenvalue weighted by molar-refractivity contribution is 5.77. The molecule has 0 saturated heterocycles. The van der Waals surface area contributed by atoms with Crippen LogP contribution < -0.4 is 0 Å². The van der Waals surface area contributed by atoms with Crippen molar-refractivity contribution >= 4 is 11.1 Å². The van der Waals surface area contributed by atoms with Crippen LogP contribution in [0.25, 0.3) is 22.6 Å². The van der Waals surface area contributed by atoms with Crippen LogP contribution in [-0.4, -0.2) is 9.97 Å². The number of benzene rings is 1. The van der Waals surface area contributed by atoms with Crippen molar-refractivity contribution in [2.75, 3.05) is 0 Å². The van der Waals surface area contributed by atoms with Crippen LogP contribution in [0, 0.1) is 0 Å². The zero-order valence-corrected chi connectivity index (χ0v) is 9.48.